The van der Waals surface area contributed by atoms with E-state index >= 15 is 0 Å². The van der Waals surface area contributed by atoms with Crippen molar-refractivity contribution in [1.29, 1.82) is 0 Å². The van der Waals surface area contributed by atoms with Gasteiger partial charge in [0.1, 0.15) is 0 Å². The molecule has 0 aliphatic heterocycles. The molecule has 0 N–H and O–H groups in total. The first-order chi connectivity index (χ1) is 10.9. The summed E-state index contributed by atoms with van der Waals surface area (Å²) in [5.41, 5.74) is 4.57. The topological polar surface area (TPSA) is 12.9 Å². The van der Waals surface area contributed by atoms with Gasteiger partial charge in [-0.3, -0.25) is 4.98 Å². The van der Waals surface area contributed by atoms with E-state index < -0.39 is 0 Å². The van der Waals surface area contributed by atoms with Crippen molar-refractivity contribution in [3.8, 4) is 0 Å². The van der Waals surface area contributed by atoms with Crippen LogP contribution < -0.4 is 0 Å². The van der Waals surface area contributed by atoms with Crippen LogP contribution in [0.15, 0.2) is 79.1 Å². The Hall–Kier alpha value is -2.93. The van der Waals surface area contributed by atoms with Crippen LogP contribution >= 0.6 is 0 Å². The van der Waals surface area contributed by atoms with Gasteiger partial charge in [0.15, 0.2) is 0 Å². The first kappa shape index (κ1) is 14.0. The zero-order valence-corrected chi connectivity index (χ0v) is 12.3. The monoisotopic (exact) mass is 283 g/mol. The number of rotatable bonds is 4. The molecule has 3 rings (SSSR count). The summed E-state index contributed by atoms with van der Waals surface area (Å²) in [4.78, 5) is 4.31. The highest BCUT2D eigenvalue weighted by molar-refractivity contribution is 5.73. The van der Waals surface area contributed by atoms with Crippen molar-refractivity contribution in [2.45, 2.75) is 0 Å². The lowest BCUT2D eigenvalue weighted by atomic mass is 10.1. The van der Waals surface area contributed by atoms with E-state index in [-0.39, 0.29) is 0 Å². The molecule has 1 heterocycles. The molecule has 0 aliphatic carbocycles. The van der Waals surface area contributed by atoms with Gasteiger partial charge in [0.25, 0.3) is 0 Å². The third-order valence-corrected chi connectivity index (χ3v) is 3.32. The lowest BCUT2D eigenvalue weighted by Crippen LogP contribution is -1.80. The molecule has 106 valence electrons. The molecule has 0 saturated heterocycles. The van der Waals surface area contributed by atoms with Gasteiger partial charge in [0, 0.05) is 12.4 Å². The number of benzene rings is 2. The normalized spacial score (nSPS) is 11.3. The molecular formula is C21H17N. The number of pyridine rings is 1. The van der Waals surface area contributed by atoms with Gasteiger partial charge in [-0.15, -0.1) is 0 Å². The Kier molecular flexibility index (Phi) is 4.58. The second-order valence-corrected chi connectivity index (χ2v) is 5.04. The quantitative estimate of drug-likeness (QED) is 0.622. The Morgan fingerprint density at radius 2 is 0.909 bits per heavy atom. The van der Waals surface area contributed by atoms with Crippen molar-refractivity contribution in [1.82, 2.24) is 4.98 Å². The maximum atomic E-state index is 4.31. The molecule has 22 heavy (non-hydrogen) atoms. The fourth-order valence-electron chi connectivity index (χ4n) is 2.17. The van der Waals surface area contributed by atoms with E-state index in [0.29, 0.717) is 0 Å². The minimum atomic E-state index is 1.10. The van der Waals surface area contributed by atoms with Gasteiger partial charge in [-0.25, -0.2) is 0 Å². The molecule has 0 spiro atoms. The first-order valence-corrected chi connectivity index (χ1v) is 7.31. The highest BCUT2D eigenvalue weighted by Gasteiger charge is 1.92. The van der Waals surface area contributed by atoms with E-state index in [1.54, 1.807) is 0 Å². The predicted octanol–water partition coefficient (Wildman–Crippen LogP) is 5.42. The van der Waals surface area contributed by atoms with E-state index in [0.717, 1.165) is 11.1 Å². The van der Waals surface area contributed by atoms with Gasteiger partial charge in [-0.05, 0) is 28.3 Å². The third kappa shape index (κ3) is 4.03. The summed E-state index contributed by atoms with van der Waals surface area (Å²) >= 11 is 0. The molecule has 0 unspecified atom stereocenters. The lowest BCUT2D eigenvalue weighted by Gasteiger charge is -1.97. The summed E-state index contributed by atoms with van der Waals surface area (Å²) in [6.45, 7) is 0. The maximum absolute atomic E-state index is 4.31. The fourth-order valence-corrected chi connectivity index (χ4v) is 2.17. The molecule has 0 saturated carbocycles. The van der Waals surface area contributed by atoms with Crippen molar-refractivity contribution in [3.63, 3.8) is 0 Å². The average molecular weight is 283 g/mol. The van der Waals surface area contributed by atoms with Crippen molar-refractivity contribution in [3.05, 3.63) is 101 Å². The molecule has 3 aromatic rings. The zero-order chi connectivity index (χ0) is 15.0. The Bertz CT molecular complexity index is 707. The highest BCUT2D eigenvalue weighted by Crippen LogP contribution is 2.12. The third-order valence-electron chi connectivity index (χ3n) is 3.32. The van der Waals surface area contributed by atoms with E-state index in [9.17, 15) is 0 Å². The van der Waals surface area contributed by atoms with Crippen LogP contribution in [-0.2, 0) is 0 Å². The van der Waals surface area contributed by atoms with Crippen LogP contribution in [-0.4, -0.2) is 4.98 Å². The number of hydrogen-bond acceptors (Lipinski definition) is 1. The maximum Gasteiger partial charge on any atom is 0.0340 e. The van der Waals surface area contributed by atoms with Crippen molar-refractivity contribution in [2.75, 3.05) is 0 Å². The molecule has 0 amide bonds. The van der Waals surface area contributed by atoms with Crippen LogP contribution in [0.2, 0.25) is 0 Å². The van der Waals surface area contributed by atoms with Crippen molar-refractivity contribution >= 4 is 24.3 Å². The van der Waals surface area contributed by atoms with Gasteiger partial charge >= 0.3 is 0 Å². The Morgan fingerprint density at radius 3 is 1.36 bits per heavy atom. The SMILES string of the molecule is C(=C\c1cncc(/C=C/c2ccccc2)c1)/c1ccccc1. The number of hydrogen-bond donors (Lipinski definition) is 0. The second kappa shape index (κ2) is 7.19. The van der Waals surface area contributed by atoms with Gasteiger partial charge in [0.2, 0.25) is 0 Å². The smallest absolute Gasteiger partial charge is 0.0340 e. The van der Waals surface area contributed by atoms with Crippen molar-refractivity contribution < 1.29 is 0 Å². The molecule has 1 heteroatoms. The van der Waals surface area contributed by atoms with E-state index in [1.807, 2.05) is 48.8 Å². The lowest BCUT2D eigenvalue weighted by molar-refractivity contribution is 1.31. The molecule has 0 radical (unpaired) electrons. The molecule has 1 nitrogen and oxygen atoms in total. The minimum absolute atomic E-state index is 1.10. The zero-order valence-electron chi connectivity index (χ0n) is 12.3. The predicted molar refractivity (Wildman–Crippen MR) is 95.0 cm³/mol. The summed E-state index contributed by atoms with van der Waals surface area (Å²) in [7, 11) is 0. The summed E-state index contributed by atoms with van der Waals surface area (Å²) in [5.74, 6) is 0. The van der Waals surface area contributed by atoms with Crippen LogP contribution in [0.4, 0.5) is 0 Å². The van der Waals surface area contributed by atoms with Gasteiger partial charge in [-0.2, -0.15) is 0 Å². The van der Waals surface area contributed by atoms with E-state index in [2.05, 4.69) is 59.6 Å². The second-order valence-electron chi connectivity index (χ2n) is 5.04. The van der Waals surface area contributed by atoms with Gasteiger partial charge in [0.05, 0.1) is 0 Å². The fraction of sp³-hybridized carbons (Fsp3) is 0. The van der Waals surface area contributed by atoms with Crippen LogP contribution in [0.3, 0.4) is 0 Å². The molecular weight excluding hydrogens is 266 g/mol. The van der Waals surface area contributed by atoms with E-state index in [1.165, 1.54) is 11.1 Å². The molecule has 0 bridgehead atoms. The Labute approximate surface area is 131 Å². The average Bonchev–Trinajstić information content (AvgIpc) is 2.60. The summed E-state index contributed by atoms with van der Waals surface area (Å²) in [6, 6.07) is 22.7. The number of aromatic nitrogens is 1. The van der Waals surface area contributed by atoms with Gasteiger partial charge in [-0.1, -0.05) is 85.0 Å². The van der Waals surface area contributed by atoms with Gasteiger partial charge < -0.3 is 0 Å². The van der Waals surface area contributed by atoms with Crippen LogP contribution in [0.25, 0.3) is 24.3 Å². The first-order valence-electron chi connectivity index (χ1n) is 7.31. The Morgan fingerprint density at radius 1 is 0.500 bits per heavy atom. The molecule has 2 aromatic carbocycles. The standard InChI is InChI=1S/C21H17N/c1-3-7-18(8-4-1)11-13-20-15-21(17-22-16-20)14-12-19-9-5-2-6-10-19/h1-17H/b13-11+,14-12+. The molecule has 0 atom stereocenters. The van der Waals surface area contributed by atoms with Crippen LogP contribution in [0.1, 0.15) is 22.3 Å². The molecule has 1 aromatic heterocycles. The van der Waals surface area contributed by atoms with E-state index in [4.69, 9.17) is 0 Å². The summed E-state index contributed by atoms with van der Waals surface area (Å²) in [6.07, 6.45) is 12.1. The molecule has 0 aliphatic rings. The highest BCUT2D eigenvalue weighted by atomic mass is 14.6. The molecule has 0 fully saturated rings. The minimum Gasteiger partial charge on any atom is -0.263 e. The Balaban J connectivity index is 1.75. The summed E-state index contributed by atoms with van der Waals surface area (Å²) < 4.78 is 0. The van der Waals surface area contributed by atoms with Crippen LogP contribution in [0, 0.1) is 0 Å². The van der Waals surface area contributed by atoms with Crippen molar-refractivity contribution in [2.24, 2.45) is 0 Å². The van der Waals surface area contributed by atoms with Crippen LogP contribution in [0.5, 0.6) is 0 Å². The number of nitrogens with zero attached hydrogens (tertiary/aromatic N) is 1. The largest absolute Gasteiger partial charge is 0.263 e. The summed E-state index contributed by atoms with van der Waals surface area (Å²) in [5, 5.41) is 0.